The van der Waals surface area contributed by atoms with Gasteiger partial charge in [-0.05, 0) is 45.7 Å². The van der Waals surface area contributed by atoms with Gasteiger partial charge in [-0.1, -0.05) is 31.5 Å². The second-order valence-corrected chi connectivity index (χ2v) is 7.24. The first kappa shape index (κ1) is 16.3. The van der Waals surface area contributed by atoms with Crippen molar-refractivity contribution >= 4 is 24.3 Å². The van der Waals surface area contributed by atoms with E-state index in [0.717, 1.165) is 29.6 Å². The third-order valence-electron chi connectivity index (χ3n) is 5.05. The van der Waals surface area contributed by atoms with Gasteiger partial charge in [0, 0.05) is 16.8 Å². The minimum absolute atomic E-state index is 0.0654. The summed E-state index contributed by atoms with van der Waals surface area (Å²) >= 11 is 0. The lowest BCUT2D eigenvalue weighted by atomic mass is 9.71. The first-order chi connectivity index (χ1) is 10.8. The van der Waals surface area contributed by atoms with Crippen LogP contribution in [-0.2, 0) is 14.1 Å². The highest BCUT2D eigenvalue weighted by Gasteiger charge is 2.53. The highest BCUT2D eigenvalue weighted by Crippen LogP contribution is 2.43. The first-order valence-electron chi connectivity index (χ1n) is 8.26. The minimum Gasteiger partial charge on any atom is -0.400 e. The predicted octanol–water partition coefficient (Wildman–Crippen LogP) is 3.82. The van der Waals surface area contributed by atoms with Gasteiger partial charge in [-0.25, -0.2) is 0 Å². The molecule has 1 N–H and O–H groups in total. The Kier molecular flexibility index (Phi) is 3.89. The number of hydrogen-bond donors (Lipinski definition) is 1. The molecule has 1 fully saturated rings. The molecule has 1 aromatic rings. The maximum Gasteiger partial charge on any atom is 0.491 e. The van der Waals surface area contributed by atoms with E-state index >= 15 is 0 Å². The normalized spacial score (nSPS) is 23.7. The zero-order valence-corrected chi connectivity index (χ0v) is 14.5. The van der Waals surface area contributed by atoms with Gasteiger partial charge in [0.25, 0.3) is 5.91 Å². The minimum atomic E-state index is -0.480. The van der Waals surface area contributed by atoms with Crippen molar-refractivity contribution in [2.75, 3.05) is 5.32 Å². The summed E-state index contributed by atoms with van der Waals surface area (Å²) in [5.74, 6) is -0.0654. The molecule has 2 heterocycles. The van der Waals surface area contributed by atoms with Crippen LogP contribution in [0, 0.1) is 0 Å². The van der Waals surface area contributed by atoms with E-state index in [1.54, 1.807) is 0 Å². The van der Waals surface area contributed by atoms with Gasteiger partial charge < -0.3 is 14.6 Å². The van der Waals surface area contributed by atoms with Crippen molar-refractivity contribution < 1.29 is 14.1 Å². The third-order valence-corrected chi connectivity index (χ3v) is 5.05. The fourth-order valence-electron chi connectivity index (χ4n) is 3.05. The Balaban J connectivity index is 2.08. The van der Waals surface area contributed by atoms with E-state index < -0.39 is 18.3 Å². The molecular formula is C18H24BNO3. The van der Waals surface area contributed by atoms with Crippen LogP contribution in [0.5, 0.6) is 0 Å². The average molecular weight is 313 g/mol. The molecule has 0 saturated carbocycles. The average Bonchev–Trinajstić information content (AvgIpc) is 2.89. The summed E-state index contributed by atoms with van der Waals surface area (Å²) in [4.78, 5) is 12.5. The van der Waals surface area contributed by atoms with Crippen LogP contribution in [0.3, 0.4) is 0 Å². The van der Waals surface area contributed by atoms with Gasteiger partial charge in [0.05, 0.1) is 11.2 Å². The number of hydrogen-bond acceptors (Lipinski definition) is 3. The molecule has 4 nitrogen and oxygen atoms in total. The molecule has 0 aliphatic carbocycles. The van der Waals surface area contributed by atoms with Gasteiger partial charge in [-0.2, -0.15) is 0 Å². The van der Waals surface area contributed by atoms with Crippen LogP contribution in [0.1, 0.15) is 53.0 Å². The Morgan fingerprint density at radius 2 is 1.74 bits per heavy atom. The number of allylic oxidation sites excluding steroid dienone is 1. The van der Waals surface area contributed by atoms with Gasteiger partial charge in [0.2, 0.25) is 0 Å². The summed E-state index contributed by atoms with van der Waals surface area (Å²) < 4.78 is 12.4. The third kappa shape index (κ3) is 2.62. The number of fused-ring (bicyclic) bond motifs is 1. The summed E-state index contributed by atoms with van der Waals surface area (Å²) in [5, 5.41) is 2.94. The molecule has 0 aromatic heterocycles. The summed E-state index contributed by atoms with van der Waals surface area (Å²) in [6, 6.07) is 7.78. The quantitative estimate of drug-likeness (QED) is 0.681. The summed E-state index contributed by atoms with van der Waals surface area (Å²) in [6.07, 6.45) is 1.70. The molecule has 2 aliphatic heterocycles. The maximum atomic E-state index is 12.5. The number of rotatable bonds is 3. The number of benzene rings is 1. The van der Waals surface area contributed by atoms with Crippen LogP contribution >= 0.6 is 0 Å². The zero-order chi connectivity index (χ0) is 16.8. The molecule has 23 heavy (non-hydrogen) atoms. The highest BCUT2D eigenvalue weighted by atomic mass is 16.7. The summed E-state index contributed by atoms with van der Waals surface area (Å²) in [6.45, 7) is 10.2. The zero-order valence-electron chi connectivity index (χ0n) is 14.5. The van der Waals surface area contributed by atoms with Gasteiger partial charge >= 0.3 is 7.12 Å². The van der Waals surface area contributed by atoms with Crippen molar-refractivity contribution in [1.29, 1.82) is 0 Å². The molecule has 1 saturated heterocycles. The molecule has 0 bridgehead atoms. The van der Waals surface area contributed by atoms with E-state index in [4.69, 9.17) is 9.31 Å². The van der Waals surface area contributed by atoms with Crippen LogP contribution in [-0.4, -0.2) is 24.2 Å². The van der Waals surface area contributed by atoms with E-state index in [1.807, 2.05) is 52.0 Å². The smallest absolute Gasteiger partial charge is 0.400 e. The van der Waals surface area contributed by atoms with Gasteiger partial charge in [-0.3, -0.25) is 4.79 Å². The summed E-state index contributed by atoms with van der Waals surface area (Å²) in [5.41, 5.74) is 2.63. The monoisotopic (exact) mass is 313 g/mol. The molecule has 1 aromatic carbocycles. The number of amides is 1. The number of carbonyl (C=O) groups is 1. The molecular weight excluding hydrogens is 289 g/mol. The van der Waals surface area contributed by atoms with E-state index in [2.05, 4.69) is 12.2 Å². The molecule has 1 amide bonds. The van der Waals surface area contributed by atoms with Crippen LogP contribution in [0.15, 0.2) is 29.7 Å². The Labute approximate surface area is 138 Å². The van der Waals surface area contributed by atoms with Crippen LogP contribution in [0.2, 0.25) is 0 Å². The summed E-state index contributed by atoms with van der Waals surface area (Å²) in [7, 11) is -0.480. The number of para-hydroxylation sites is 1. The molecule has 0 atom stereocenters. The van der Waals surface area contributed by atoms with Crippen molar-refractivity contribution in [2.24, 2.45) is 0 Å². The van der Waals surface area contributed by atoms with E-state index in [0.29, 0.717) is 5.57 Å². The lowest BCUT2D eigenvalue weighted by Crippen LogP contribution is -2.41. The molecule has 0 spiro atoms. The second-order valence-electron chi connectivity index (χ2n) is 7.24. The Morgan fingerprint density at radius 1 is 1.13 bits per heavy atom. The van der Waals surface area contributed by atoms with Crippen LogP contribution < -0.4 is 5.32 Å². The lowest BCUT2D eigenvalue weighted by molar-refractivity contribution is -0.110. The predicted molar refractivity (Wildman–Crippen MR) is 93.0 cm³/mol. The van der Waals surface area contributed by atoms with Crippen molar-refractivity contribution in [2.45, 2.75) is 58.7 Å². The number of anilines is 1. The van der Waals surface area contributed by atoms with Crippen molar-refractivity contribution in [3.05, 3.63) is 35.3 Å². The highest BCUT2D eigenvalue weighted by molar-refractivity contribution is 6.59. The maximum absolute atomic E-state index is 12.5. The molecule has 0 unspecified atom stereocenters. The largest absolute Gasteiger partial charge is 0.491 e. The van der Waals surface area contributed by atoms with Crippen molar-refractivity contribution in [3.63, 3.8) is 0 Å². The Morgan fingerprint density at radius 3 is 2.35 bits per heavy atom. The van der Waals surface area contributed by atoms with Crippen LogP contribution in [0.4, 0.5) is 5.69 Å². The fourth-order valence-corrected chi connectivity index (χ4v) is 3.05. The van der Waals surface area contributed by atoms with Crippen LogP contribution in [0.25, 0.3) is 5.57 Å². The molecule has 122 valence electrons. The molecule has 0 radical (unpaired) electrons. The molecule has 2 aliphatic rings. The van der Waals surface area contributed by atoms with E-state index in [-0.39, 0.29) is 5.91 Å². The van der Waals surface area contributed by atoms with Gasteiger partial charge in [0.15, 0.2) is 0 Å². The lowest BCUT2D eigenvalue weighted by Gasteiger charge is -2.32. The molecule has 5 heteroatoms. The van der Waals surface area contributed by atoms with Gasteiger partial charge in [-0.15, -0.1) is 0 Å². The number of carbonyl (C=O) groups excluding carboxylic acids is 1. The van der Waals surface area contributed by atoms with E-state index in [1.165, 1.54) is 0 Å². The van der Waals surface area contributed by atoms with Crippen molar-refractivity contribution in [1.82, 2.24) is 0 Å². The fraction of sp³-hybridized carbons (Fsp3) is 0.500. The number of nitrogens with one attached hydrogen (secondary N) is 1. The standard InChI is InChI=1S/C18H24BNO3/c1-6-9-13(19-22-17(2,3)18(4,5)23-19)15-12-10-7-8-11-14(12)20-16(15)21/h7-8,10-11H,6,9H2,1-5H3,(H,20,21)/b15-13-. The topological polar surface area (TPSA) is 47.6 Å². The van der Waals surface area contributed by atoms with Gasteiger partial charge in [0.1, 0.15) is 0 Å². The first-order valence-corrected chi connectivity index (χ1v) is 8.26. The molecule has 3 rings (SSSR count). The second kappa shape index (κ2) is 5.50. The van der Waals surface area contributed by atoms with Crippen molar-refractivity contribution in [3.8, 4) is 0 Å². The SMILES string of the molecule is CCC/C(B1OC(C)(C)C(C)(C)O1)=C1/C(=O)Nc2ccccc21. The van der Waals surface area contributed by atoms with E-state index in [9.17, 15) is 4.79 Å². The Bertz CT molecular complexity index is 663. The Hall–Kier alpha value is -1.59.